The fourth-order valence-electron chi connectivity index (χ4n) is 4.76. The van der Waals surface area contributed by atoms with Gasteiger partial charge in [-0.15, -0.1) is 11.3 Å². The Labute approximate surface area is 198 Å². The van der Waals surface area contributed by atoms with Crippen molar-refractivity contribution in [3.05, 3.63) is 52.0 Å². The highest BCUT2D eigenvalue weighted by Crippen LogP contribution is 2.34. The molecule has 33 heavy (non-hydrogen) atoms. The van der Waals surface area contributed by atoms with Crippen LogP contribution in [0.5, 0.6) is 5.75 Å². The Bertz CT molecular complexity index is 959. The lowest BCUT2D eigenvalue weighted by atomic mass is 10.00. The van der Waals surface area contributed by atoms with E-state index in [9.17, 15) is 14.0 Å². The van der Waals surface area contributed by atoms with Gasteiger partial charge < -0.3 is 19.3 Å². The van der Waals surface area contributed by atoms with Crippen LogP contribution in [0.4, 0.5) is 4.39 Å². The summed E-state index contributed by atoms with van der Waals surface area (Å²) in [7, 11) is 1.60. The van der Waals surface area contributed by atoms with Crippen LogP contribution in [0, 0.1) is 11.7 Å². The lowest BCUT2D eigenvalue weighted by Gasteiger charge is -2.37. The second-order valence-electron chi connectivity index (χ2n) is 8.65. The first kappa shape index (κ1) is 23.7. The van der Waals surface area contributed by atoms with Crippen LogP contribution >= 0.6 is 11.3 Å². The number of fused-ring (bicyclic) bond motifs is 1. The van der Waals surface area contributed by atoms with Gasteiger partial charge in [-0.25, -0.2) is 4.39 Å². The second-order valence-corrected chi connectivity index (χ2v) is 9.66. The number of carbonyl (C=O) groups excluding carboxylic acids is 2. The van der Waals surface area contributed by atoms with Gasteiger partial charge >= 0.3 is 0 Å². The highest BCUT2D eigenvalue weighted by atomic mass is 32.1. The molecule has 1 fully saturated rings. The minimum absolute atomic E-state index is 0.00611. The Morgan fingerprint density at radius 3 is 2.82 bits per heavy atom. The summed E-state index contributed by atoms with van der Waals surface area (Å²) in [6, 6.07) is 7.78. The smallest absolute Gasteiger partial charge is 0.242 e. The molecule has 2 aromatic rings. The zero-order valence-electron chi connectivity index (χ0n) is 19.0. The lowest BCUT2D eigenvalue weighted by Crippen LogP contribution is -2.49. The largest absolute Gasteiger partial charge is 0.491 e. The highest BCUT2D eigenvalue weighted by molar-refractivity contribution is 7.10. The number of halogens is 1. The van der Waals surface area contributed by atoms with E-state index in [4.69, 9.17) is 9.47 Å². The van der Waals surface area contributed by atoms with Crippen LogP contribution in [0.2, 0.25) is 0 Å². The molecule has 6 nitrogen and oxygen atoms in total. The van der Waals surface area contributed by atoms with E-state index in [-0.39, 0.29) is 42.7 Å². The van der Waals surface area contributed by atoms with Gasteiger partial charge in [-0.05, 0) is 48.4 Å². The predicted molar refractivity (Wildman–Crippen MR) is 125 cm³/mol. The Morgan fingerprint density at radius 1 is 1.24 bits per heavy atom. The molecule has 2 aliphatic rings. The number of ether oxygens (including phenoxy) is 2. The van der Waals surface area contributed by atoms with Crippen molar-refractivity contribution in [1.29, 1.82) is 0 Å². The number of carbonyl (C=O) groups is 2. The molecular formula is C25H31FN2O4S. The summed E-state index contributed by atoms with van der Waals surface area (Å²) < 4.78 is 24.7. The van der Waals surface area contributed by atoms with Crippen molar-refractivity contribution in [3.8, 4) is 5.75 Å². The maximum atomic E-state index is 13.6. The van der Waals surface area contributed by atoms with Gasteiger partial charge in [0.1, 0.15) is 18.2 Å². The molecule has 0 N–H and O–H groups in total. The van der Waals surface area contributed by atoms with E-state index in [1.54, 1.807) is 35.5 Å². The zero-order valence-corrected chi connectivity index (χ0v) is 19.8. The third-order valence-electron chi connectivity index (χ3n) is 6.53. The second kappa shape index (κ2) is 11.1. The minimum atomic E-state index is -0.362. The quantitative estimate of drug-likeness (QED) is 0.550. The third-order valence-corrected chi connectivity index (χ3v) is 7.52. The SMILES string of the molecule is COCCN(CC(=O)N1CCc2sccc2C1COc1cccc(F)c1)C(=O)C1CCCC1. The van der Waals surface area contributed by atoms with Gasteiger partial charge in [0.25, 0.3) is 0 Å². The molecule has 0 saturated heterocycles. The summed E-state index contributed by atoms with van der Waals surface area (Å²) in [4.78, 5) is 31.3. The maximum absolute atomic E-state index is 13.6. The monoisotopic (exact) mass is 474 g/mol. The molecule has 1 unspecified atom stereocenters. The fraction of sp³-hybridized carbons (Fsp3) is 0.520. The number of nitrogens with zero attached hydrogens (tertiary/aromatic N) is 2. The molecule has 1 aromatic heterocycles. The van der Waals surface area contributed by atoms with E-state index < -0.39 is 0 Å². The molecule has 0 spiro atoms. The number of rotatable bonds is 9. The molecule has 2 heterocycles. The van der Waals surface area contributed by atoms with E-state index >= 15 is 0 Å². The average Bonchev–Trinajstić information content (AvgIpc) is 3.52. The summed E-state index contributed by atoms with van der Waals surface area (Å²) in [5, 5.41) is 2.03. The van der Waals surface area contributed by atoms with Crippen molar-refractivity contribution in [1.82, 2.24) is 9.80 Å². The molecular weight excluding hydrogens is 443 g/mol. The highest BCUT2D eigenvalue weighted by Gasteiger charge is 2.35. The summed E-state index contributed by atoms with van der Waals surface area (Å²) in [5.41, 5.74) is 1.07. The molecule has 1 aliphatic heterocycles. The molecule has 0 bridgehead atoms. The van der Waals surface area contributed by atoms with Crippen molar-refractivity contribution in [2.75, 3.05) is 40.0 Å². The van der Waals surface area contributed by atoms with Crippen LogP contribution in [-0.4, -0.2) is 61.6 Å². The molecule has 1 atom stereocenters. The lowest BCUT2D eigenvalue weighted by molar-refractivity contribution is -0.145. The van der Waals surface area contributed by atoms with Crippen molar-refractivity contribution in [2.24, 2.45) is 5.92 Å². The first-order valence-electron chi connectivity index (χ1n) is 11.6. The standard InChI is InChI=1S/C25H31FN2O4S/c1-31-13-12-27(25(30)18-5-2-3-6-18)16-24(29)28-11-9-23-21(10-14-33-23)22(28)17-32-20-8-4-7-19(26)15-20/h4,7-8,10,14-15,18,22H,2-3,5-6,9,11-13,16-17H2,1H3. The minimum Gasteiger partial charge on any atom is -0.491 e. The summed E-state index contributed by atoms with van der Waals surface area (Å²) in [6.45, 7) is 1.63. The van der Waals surface area contributed by atoms with Gasteiger partial charge in [0.05, 0.1) is 19.2 Å². The zero-order chi connectivity index (χ0) is 23.2. The summed E-state index contributed by atoms with van der Waals surface area (Å²) >= 11 is 1.68. The van der Waals surface area contributed by atoms with E-state index in [0.29, 0.717) is 25.4 Å². The molecule has 1 saturated carbocycles. The van der Waals surface area contributed by atoms with Gasteiger partial charge in [0, 0.05) is 37.1 Å². The van der Waals surface area contributed by atoms with E-state index in [1.165, 1.54) is 17.0 Å². The molecule has 0 radical (unpaired) electrons. The van der Waals surface area contributed by atoms with Crippen molar-refractivity contribution >= 4 is 23.2 Å². The van der Waals surface area contributed by atoms with E-state index in [2.05, 4.69) is 0 Å². The van der Waals surface area contributed by atoms with Crippen molar-refractivity contribution in [3.63, 3.8) is 0 Å². The van der Waals surface area contributed by atoms with Gasteiger partial charge in [0.15, 0.2) is 0 Å². The Balaban J connectivity index is 1.49. The number of benzene rings is 1. The first-order chi connectivity index (χ1) is 16.1. The van der Waals surface area contributed by atoms with Gasteiger partial charge in [-0.3, -0.25) is 9.59 Å². The third kappa shape index (κ3) is 5.73. The number of hydrogen-bond acceptors (Lipinski definition) is 5. The van der Waals surface area contributed by atoms with Crippen LogP contribution in [0.15, 0.2) is 35.7 Å². The number of hydrogen-bond donors (Lipinski definition) is 0. The van der Waals surface area contributed by atoms with Gasteiger partial charge in [0.2, 0.25) is 11.8 Å². The van der Waals surface area contributed by atoms with Crippen LogP contribution in [0.25, 0.3) is 0 Å². The van der Waals surface area contributed by atoms with Crippen LogP contribution in [-0.2, 0) is 20.7 Å². The topological polar surface area (TPSA) is 59.1 Å². The summed E-state index contributed by atoms with van der Waals surface area (Å²) in [5.74, 6) is 0.0369. The molecule has 178 valence electrons. The van der Waals surface area contributed by atoms with Crippen LogP contribution in [0.1, 0.15) is 42.2 Å². The Hall–Kier alpha value is -2.45. The number of thiophene rings is 1. The van der Waals surface area contributed by atoms with Gasteiger partial charge in [-0.1, -0.05) is 18.9 Å². The van der Waals surface area contributed by atoms with Crippen LogP contribution in [0.3, 0.4) is 0 Å². The van der Waals surface area contributed by atoms with Crippen molar-refractivity contribution < 1.29 is 23.5 Å². The summed E-state index contributed by atoms with van der Waals surface area (Å²) in [6.07, 6.45) is 4.69. The average molecular weight is 475 g/mol. The first-order valence-corrected chi connectivity index (χ1v) is 12.5. The van der Waals surface area contributed by atoms with Crippen molar-refractivity contribution in [2.45, 2.75) is 38.1 Å². The molecule has 4 rings (SSSR count). The van der Waals surface area contributed by atoms with E-state index in [0.717, 1.165) is 37.7 Å². The Morgan fingerprint density at radius 2 is 2.06 bits per heavy atom. The Kier molecular flexibility index (Phi) is 7.98. The molecule has 1 aliphatic carbocycles. The number of amides is 2. The predicted octanol–water partition coefficient (Wildman–Crippen LogP) is 4.06. The molecule has 8 heteroatoms. The molecule has 2 amide bonds. The maximum Gasteiger partial charge on any atom is 0.242 e. The normalized spacial score (nSPS) is 18.2. The van der Waals surface area contributed by atoms with Gasteiger partial charge in [-0.2, -0.15) is 0 Å². The van der Waals surface area contributed by atoms with E-state index in [1.807, 2.05) is 16.3 Å². The van der Waals surface area contributed by atoms with Crippen LogP contribution < -0.4 is 4.74 Å². The number of methoxy groups -OCH3 is 1. The molecule has 1 aromatic carbocycles. The fourth-order valence-corrected chi connectivity index (χ4v) is 5.69.